The van der Waals surface area contributed by atoms with Gasteiger partial charge < -0.3 is 26.2 Å². The summed E-state index contributed by atoms with van der Waals surface area (Å²) in [6, 6.07) is 9.66. The number of halogens is 5. The highest BCUT2D eigenvalue weighted by molar-refractivity contribution is 7.92. The molecule has 0 saturated carbocycles. The van der Waals surface area contributed by atoms with Gasteiger partial charge in [0, 0.05) is 24.8 Å². The van der Waals surface area contributed by atoms with Gasteiger partial charge in [-0.05, 0) is 67.5 Å². The fourth-order valence-corrected chi connectivity index (χ4v) is 7.64. The Bertz CT molecular complexity index is 1760. The van der Waals surface area contributed by atoms with E-state index in [-0.39, 0.29) is 24.2 Å². The van der Waals surface area contributed by atoms with Crippen LogP contribution in [-0.2, 0) is 38.8 Å². The van der Waals surface area contributed by atoms with Gasteiger partial charge in [0.25, 0.3) is 5.91 Å². The minimum Gasteiger partial charge on any atom is -0.475 e. The number of H-pyrrole nitrogens is 1. The topological polar surface area (TPSA) is 191 Å². The number of aliphatic hydroxyl groups excluding tert-OH is 1. The summed E-state index contributed by atoms with van der Waals surface area (Å²) in [4.78, 5) is 35.8. The number of hydrogen-bond acceptors (Lipinski definition) is 8. The Kier molecular flexibility index (Phi) is 18.2. The zero-order valence-electron chi connectivity index (χ0n) is 30.5. The number of benzene rings is 2. The highest BCUT2D eigenvalue weighted by Gasteiger charge is 2.38. The second kappa shape index (κ2) is 21.5. The number of sulfone groups is 1. The van der Waals surface area contributed by atoms with Crippen molar-refractivity contribution in [1.29, 1.82) is 0 Å². The van der Waals surface area contributed by atoms with Crippen molar-refractivity contribution in [1.82, 2.24) is 26.1 Å². The molecule has 3 atom stereocenters. The number of carbonyl (C=O) groups is 3. The van der Waals surface area contributed by atoms with Gasteiger partial charge in [0.1, 0.15) is 23.4 Å². The summed E-state index contributed by atoms with van der Waals surface area (Å²) >= 11 is 0. The van der Waals surface area contributed by atoms with Crippen LogP contribution in [0.25, 0.3) is 0 Å². The molecule has 18 heteroatoms. The molecule has 1 heterocycles. The van der Waals surface area contributed by atoms with Crippen LogP contribution in [0.5, 0.6) is 0 Å². The largest absolute Gasteiger partial charge is 0.490 e. The predicted octanol–water partition coefficient (Wildman–Crippen LogP) is 4.55. The number of hydrogen-bond donors (Lipinski definition) is 6. The molecule has 2 unspecified atom stereocenters. The van der Waals surface area contributed by atoms with E-state index in [1.807, 2.05) is 45.0 Å². The number of aryl methyl sites for hydroxylation is 2. The lowest BCUT2D eigenvalue weighted by atomic mass is 10.00. The molecule has 1 aromatic heterocycles. The van der Waals surface area contributed by atoms with Gasteiger partial charge in [0.2, 0.25) is 5.91 Å². The summed E-state index contributed by atoms with van der Waals surface area (Å²) in [7, 11) is -3.87. The molecule has 0 fully saturated rings. The fraction of sp³-hybridized carbons (Fsp3) is 0.500. The SMILES string of the molecule is CCCC(CCC)S(=O)(=O)CC(NC(=O)c1cc(C)[nH]n1)C(=O)N[C@@H](Cc1cc(F)cc(F)c1)C(O)CNCc1cccc(CC)c1.O=C(O)C(F)(F)F. The van der Waals surface area contributed by atoms with Gasteiger partial charge in [0.15, 0.2) is 9.84 Å². The molecule has 0 aliphatic carbocycles. The first kappa shape index (κ1) is 45.7. The molecule has 300 valence electrons. The molecule has 0 spiro atoms. The van der Waals surface area contributed by atoms with Crippen molar-refractivity contribution in [3.63, 3.8) is 0 Å². The lowest BCUT2D eigenvalue weighted by molar-refractivity contribution is -0.192. The van der Waals surface area contributed by atoms with E-state index in [4.69, 9.17) is 9.90 Å². The number of rotatable bonds is 19. The number of alkyl halides is 3. The maximum Gasteiger partial charge on any atom is 0.490 e. The Labute approximate surface area is 311 Å². The average Bonchev–Trinajstić information content (AvgIpc) is 3.53. The Morgan fingerprint density at radius 2 is 1.50 bits per heavy atom. The number of aromatic nitrogens is 2. The summed E-state index contributed by atoms with van der Waals surface area (Å²) in [5, 5.41) is 32.6. The molecule has 2 aromatic carbocycles. The molecule has 0 aliphatic rings. The van der Waals surface area contributed by atoms with Crippen LogP contribution in [0.3, 0.4) is 0 Å². The van der Waals surface area contributed by atoms with Crippen LogP contribution >= 0.6 is 0 Å². The van der Waals surface area contributed by atoms with E-state index in [0.29, 0.717) is 37.9 Å². The van der Waals surface area contributed by atoms with Gasteiger partial charge in [-0.15, -0.1) is 0 Å². The third-order valence-electron chi connectivity index (χ3n) is 8.18. The minimum atomic E-state index is -5.08. The number of amides is 2. The molecule has 0 saturated heterocycles. The standard InChI is InChI=1S/C34H47F2N5O5S.C2HF3O2/c1-5-9-28(10-6-2)47(45,46)21-31(39-33(43)30-13-22(4)40-41-30)34(44)38-29(17-25-15-26(35)18-27(36)16-25)32(42)20-37-19-24-12-8-11-23(7-3)14-24;3-2(4,5)1(6)7/h8,11-16,18,28-29,31-32,37,42H,5-7,9-10,17,19-21H2,1-4H3,(H,38,44)(H,39,43)(H,40,41);(H,6,7)/t29-,31?,32?;/m0./s1. The van der Waals surface area contributed by atoms with Gasteiger partial charge in [0.05, 0.1) is 23.1 Å². The number of carboxylic acids is 1. The lowest BCUT2D eigenvalue weighted by Gasteiger charge is -2.28. The number of aliphatic hydroxyl groups is 1. The zero-order chi connectivity index (χ0) is 40.6. The summed E-state index contributed by atoms with van der Waals surface area (Å²) in [5.74, 6) is -6.70. The highest BCUT2D eigenvalue weighted by Crippen LogP contribution is 2.18. The minimum absolute atomic E-state index is 0.00393. The zero-order valence-corrected chi connectivity index (χ0v) is 31.3. The van der Waals surface area contributed by atoms with Crippen LogP contribution in [-0.4, -0.2) is 88.5 Å². The number of carboxylic acid groups (broad SMARTS) is 1. The van der Waals surface area contributed by atoms with Crippen LogP contribution in [0.2, 0.25) is 0 Å². The molecule has 3 rings (SSSR count). The number of nitrogens with zero attached hydrogens (tertiary/aromatic N) is 1. The Balaban J connectivity index is 0.00000131. The quantitative estimate of drug-likeness (QED) is 0.0947. The van der Waals surface area contributed by atoms with Crippen LogP contribution in [0.1, 0.15) is 79.3 Å². The van der Waals surface area contributed by atoms with E-state index in [9.17, 15) is 45.1 Å². The monoisotopic (exact) mass is 789 g/mol. The Hall–Kier alpha value is -4.42. The smallest absolute Gasteiger partial charge is 0.475 e. The first-order valence-corrected chi connectivity index (χ1v) is 19.1. The lowest BCUT2D eigenvalue weighted by Crippen LogP contribution is -2.57. The fourth-order valence-electron chi connectivity index (χ4n) is 5.48. The third kappa shape index (κ3) is 15.5. The molecule has 6 N–H and O–H groups in total. The molecule has 0 radical (unpaired) electrons. The van der Waals surface area contributed by atoms with Crippen LogP contribution < -0.4 is 16.0 Å². The molecule has 54 heavy (non-hydrogen) atoms. The second-order valence-corrected chi connectivity index (χ2v) is 15.1. The maximum absolute atomic E-state index is 14.1. The van der Waals surface area contributed by atoms with E-state index in [0.717, 1.165) is 35.7 Å². The molecular weight excluding hydrogens is 741 g/mol. The van der Waals surface area contributed by atoms with Gasteiger partial charge in [-0.1, -0.05) is 57.9 Å². The van der Waals surface area contributed by atoms with Crippen molar-refractivity contribution < 1.29 is 55.0 Å². The van der Waals surface area contributed by atoms with Gasteiger partial charge in [-0.25, -0.2) is 22.0 Å². The van der Waals surface area contributed by atoms with E-state index >= 15 is 0 Å². The number of carbonyl (C=O) groups excluding carboxylic acids is 2. The molecule has 0 aliphatic heterocycles. The highest BCUT2D eigenvalue weighted by atomic mass is 32.2. The summed E-state index contributed by atoms with van der Waals surface area (Å²) < 4.78 is 87.0. The number of aliphatic carboxylic acids is 1. The van der Waals surface area contributed by atoms with E-state index in [2.05, 4.69) is 26.1 Å². The van der Waals surface area contributed by atoms with Crippen LogP contribution in [0.15, 0.2) is 48.5 Å². The molecule has 12 nitrogen and oxygen atoms in total. The molecule has 2 amide bonds. The normalized spacial score (nSPS) is 13.4. The first-order chi connectivity index (χ1) is 25.3. The van der Waals surface area contributed by atoms with E-state index < -0.39 is 74.6 Å². The molecule has 0 bridgehead atoms. The van der Waals surface area contributed by atoms with Crippen molar-refractivity contribution in [2.45, 2.75) is 102 Å². The number of nitrogens with one attached hydrogen (secondary N) is 4. The summed E-state index contributed by atoms with van der Waals surface area (Å²) in [5.41, 5.74) is 2.87. The average molecular weight is 790 g/mol. The Morgan fingerprint density at radius 1 is 0.907 bits per heavy atom. The van der Waals surface area contributed by atoms with E-state index in [1.165, 1.54) is 6.07 Å². The van der Waals surface area contributed by atoms with Crippen molar-refractivity contribution in [3.05, 3.63) is 88.2 Å². The summed E-state index contributed by atoms with van der Waals surface area (Å²) in [6.07, 6.45) is -3.61. The van der Waals surface area contributed by atoms with Crippen molar-refractivity contribution in [3.8, 4) is 0 Å². The van der Waals surface area contributed by atoms with Crippen molar-refractivity contribution in [2.24, 2.45) is 0 Å². The van der Waals surface area contributed by atoms with Gasteiger partial charge >= 0.3 is 12.1 Å². The molecular formula is C36H48F5N5O7S. The van der Waals surface area contributed by atoms with Crippen LogP contribution in [0.4, 0.5) is 22.0 Å². The third-order valence-corrected chi connectivity index (χ3v) is 10.5. The Morgan fingerprint density at radius 3 is 2.02 bits per heavy atom. The van der Waals surface area contributed by atoms with Gasteiger partial charge in [-0.3, -0.25) is 14.7 Å². The number of aromatic amines is 1. The molecule has 3 aromatic rings. The van der Waals surface area contributed by atoms with Crippen molar-refractivity contribution >= 4 is 27.6 Å². The predicted molar refractivity (Wildman–Crippen MR) is 191 cm³/mol. The summed E-state index contributed by atoms with van der Waals surface area (Å²) in [6.45, 7) is 7.89. The maximum atomic E-state index is 14.1. The van der Waals surface area contributed by atoms with Gasteiger partial charge in [-0.2, -0.15) is 18.3 Å². The first-order valence-electron chi connectivity index (χ1n) is 17.4. The van der Waals surface area contributed by atoms with Crippen LogP contribution in [0, 0.1) is 18.6 Å². The van der Waals surface area contributed by atoms with Crippen molar-refractivity contribution in [2.75, 3.05) is 12.3 Å². The van der Waals surface area contributed by atoms with E-state index in [1.54, 1.807) is 6.92 Å². The second-order valence-electron chi connectivity index (χ2n) is 12.8.